The number of hydrogen-bond donors (Lipinski definition) is 0. The molecule has 0 radical (unpaired) electrons. The first-order chi connectivity index (χ1) is 9.97. The van der Waals surface area contributed by atoms with Gasteiger partial charge in [-0.15, -0.1) is 0 Å². The van der Waals surface area contributed by atoms with Crippen LogP contribution in [0.5, 0.6) is 11.5 Å². The molecule has 6 nitrogen and oxygen atoms in total. The summed E-state index contributed by atoms with van der Waals surface area (Å²) in [5, 5.41) is 0. The largest absolute Gasteiger partial charge is 0.497 e. The summed E-state index contributed by atoms with van der Waals surface area (Å²) in [6, 6.07) is 5.27. The number of carbonyl (C=O) groups excluding carboxylic acids is 2. The van der Waals surface area contributed by atoms with E-state index >= 15 is 0 Å². The van der Waals surface area contributed by atoms with Gasteiger partial charge in [-0.1, -0.05) is 0 Å². The summed E-state index contributed by atoms with van der Waals surface area (Å²) >= 11 is 0. The van der Waals surface area contributed by atoms with Crippen molar-refractivity contribution in [3.05, 3.63) is 18.2 Å². The van der Waals surface area contributed by atoms with Crippen molar-refractivity contribution in [1.82, 2.24) is 4.90 Å². The van der Waals surface area contributed by atoms with Crippen LogP contribution in [0.25, 0.3) is 0 Å². The van der Waals surface area contributed by atoms with Crippen molar-refractivity contribution in [2.45, 2.75) is 6.42 Å². The minimum Gasteiger partial charge on any atom is -0.497 e. The van der Waals surface area contributed by atoms with Crippen LogP contribution in [-0.4, -0.2) is 51.6 Å². The van der Waals surface area contributed by atoms with Gasteiger partial charge < -0.3 is 19.3 Å². The Morgan fingerprint density at radius 1 is 1.29 bits per heavy atom. The van der Waals surface area contributed by atoms with E-state index in [1.54, 1.807) is 51.4 Å². The summed E-state index contributed by atoms with van der Waals surface area (Å²) in [6.07, 6.45) is 0.220. The Morgan fingerprint density at radius 3 is 2.57 bits per heavy atom. The number of carbonyl (C=O) groups is 2. The average Bonchev–Trinajstić information content (AvgIpc) is 2.87. The molecule has 0 aromatic heterocycles. The number of anilines is 1. The second kappa shape index (κ2) is 6.03. The zero-order chi connectivity index (χ0) is 15.6. The summed E-state index contributed by atoms with van der Waals surface area (Å²) in [6.45, 7) is 0.360. The van der Waals surface area contributed by atoms with E-state index in [-0.39, 0.29) is 24.2 Å². The molecule has 0 N–H and O–H groups in total. The van der Waals surface area contributed by atoms with E-state index in [2.05, 4.69) is 0 Å². The SMILES string of the molecule is COc1ccc(OC)c(N2C[C@H](C(=O)N(C)C)CC2=O)c1. The summed E-state index contributed by atoms with van der Waals surface area (Å²) in [5.74, 6) is 0.793. The topological polar surface area (TPSA) is 59.1 Å². The lowest BCUT2D eigenvalue weighted by Crippen LogP contribution is -2.32. The molecule has 1 aromatic carbocycles. The highest BCUT2D eigenvalue weighted by molar-refractivity contribution is 6.01. The third kappa shape index (κ3) is 2.94. The smallest absolute Gasteiger partial charge is 0.227 e. The zero-order valence-electron chi connectivity index (χ0n) is 12.8. The molecule has 21 heavy (non-hydrogen) atoms. The molecule has 1 aromatic rings. The molecule has 1 heterocycles. The minimum absolute atomic E-state index is 0.0345. The predicted molar refractivity (Wildman–Crippen MR) is 78.7 cm³/mol. The number of hydrogen-bond acceptors (Lipinski definition) is 4. The maximum Gasteiger partial charge on any atom is 0.227 e. The fourth-order valence-corrected chi connectivity index (χ4v) is 2.48. The molecule has 0 spiro atoms. The third-order valence-electron chi connectivity index (χ3n) is 3.59. The standard InChI is InChI=1S/C15H20N2O4/c1-16(2)15(19)10-7-14(18)17(9-10)12-8-11(20-3)5-6-13(12)21-4/h5-6,8,10H,7,9H2,1-4H3/t10-/m1/s1. The summed E-state index contributed by atoms with van der Waals surface area (Å²) < 4.78 is 10.5. The van der Waals surface area contributed by atoms with Crippen LogP contribution >= 0.6 is 0 Å². The Kier molecular flexibility index (Phi) is 4.35. The molecule has 1 aliphatic heterocycles. The Labute approximate surface area is 124 Å². The van der Waals surface area contributed by atoms with Crippen LogP contribution < -0.4 is 14.4 Å². The van der Waals surface area contributed by atoms with E-state index in [9.17, 15) is 9.59 Å². The van der Waals surface area contributed by atoms with Crippen molar-refractivity contribution >= 4 is 17.5 Å². The average molecular weight is 292 g/mol. The molecule has 1 saturated heterocycles. The molecule has 0 unspecified atom stereocenters. The lowest BCUT2D eigenvalue weighted by atomic mass is 10.1. The van der Waals surface area contributed by atoms with Gasteiger partial charge in [-0.3, -0.25) is 9.59 Å². The van der Waals surface area contributed by atoms with Gasteiger partial charge in [0, 0.05) is 33.1 Å². The molecule has 0 aliphatic carbocycles. The van der Waals surface area contributed by atoms with Crippen LogP contribution in [0, 0.1) is 5.92 Å². The molecule has 2 rings (SSSR count). The first-order valence-corrected chi connectivity index (χ1v) is 6.71. The second-order valence-electron chi connectivity index (χ2n) is 5.18. The minimum atomic E-state index is -0.316. The van der Waals surface area contributed by atoms with E-state index < -0.39 is 0 Å². The van der Waals surface area contributed by atoms with Crippen molar-refractivity contribution < 1.29 is 19.1 Å². The Hall–Kier alpha value is -2.24. The molecular formula is C15H20N2O4. The summed E-state index contributed by atoms with van der Waals surface area (Å²) in [4.78, 5) is 27.4. The Morgan fingerprint density at radius 2 is 2.00 bits per heavy atom. The van der Waals surface area contributed by atoms with Crippen molar-refractivity contribution in [1.29, 1.82) is 0 Å². The third-order valence-corrected chi connectivity index (χ3v) is 3.59. The lowest BCUT2D eigenvalue weighted by Gasteiger charge is -2.21. The molecule has 1 atom stereocenters. The molecule has 0 saturated carbocycles. The lowest BCUT2D eigenvalue weighted by molar-refractivity contribution is -0.133. The molecule has 114 valence electrons. The van der Waals surface area contributed by atoms with Gasteiger partial charge in [0.1, 0.15) is 11.5 Å². The van der Waals surface area contributed by atoms with Gasteiger partial charge in [-0.2, -0.15) is 0 Å². The first kappa shape index (κ1) is 15.2. The van der Waals surface area contributed by atoms with Gasteiger partial charge in [0.05, 0.1) is 25.8 Å². The fraction of sp³-hybridized carbons (Fsp3) is 0.467. The van der Waals surface area contributed by atoms with Gasteiger partial charge in [0.15, 0.2) is 0 Å². The maximum atomic E-state index is 12.2. The van der Waals surface area contributed by atoms with Crippen molar-refractivity contribution in [2.24, 2.45) is 5.92 Å². The second-order valence-corrected chi connectivity index (χ2v) is 5.18. The van der Waals surface area contributed by atoms with Gasteiger partial charge in [-0.05, 0) is 12.1 Å². The van der Waals surface area contributed by atoms with E-state index in [0.29, 0.717) is 23.7 Å². The van der Waals surface area contributed by atoms with Gasteiger partial charge >= 0.3 is 0 Å². The molecule has 1 aliphatic rings. The highest BCUT2D eigenvalue weighted by Gasteiger charge is 2.37. The number of nitrogens with zero attached hydrogens (tertiary/aromatic N) is 2. The molecular weight excluding hydrogens is 272 g/mol. The van der Waals surface area contributed by atoms with E-state index in [1.165, 1.54) is 4.90 Å². The van der Waals surface area contributed by atoms with E-state index in [0.717, 1.165) is 0 Å². The van der Waals surface area contributed by atoms with Crippen molar-refractivity contribution in [2.75, 3.05) is 39.8 Å². The summed E-state index contributed by atoms with van der Waals surface area (Å²) in [5.41, 5.74) is 0.635. The highest BCUT2D eigenvalue weighted by atomic mass is 16.5. The van der Waals surface area contributed by atoms with E-state index in [4.69, 9.17) is 9.47 Å². The Balaban J connectivity index is 2.30. The van der Waals surface area contributed by atoms with Crippen LogP contribution in [-0.2, 0) is 9.59 Å². The van der Waals surface area contributed by atoms with Crippen LogP contribution in [0.2, 0.25) is 0 Å². The molecule has 2 amide bonds. The van der Waals surface area contributed by atoms with Crippen LogP contribution in [0.4, 0.5) is 5.69 Å². The predicted octanol–water partition coefficient (Wildman–Crippen LogP) is 1.14. The van der Waals surface area contributed by atoms with Crippen LogP contribution in [0.3, 0.4) is 0 Å². The van der Waals surface area contributed by atoms with Gasteiger partial charge in [-0.25, -0.2) is 0 Å². The molecule has 6 heteroatoms. The maximum absolute atomic E-state index is 12.2. The van der Waals surface area contributed by atoms with Crippen LogP contribution in [0.15, 0.2) is 18.2 Å². The zero-order valence-corrected chi connectivity index (χ0v) is 12.8. The van der Waals surface area contributed by atoms with Gasteiger partial charge in [0.2, 0.25) is 11.8 Å². The first-order valence-electron chi connectivity index (χ1n) is 6.71. The number of amides is 2. The number of ether oxygens (including phenoxy) is 2. The molecule has 1 fully saturated rings. The van der Waals surface area contributed by atoms with E-state index in [1.807, 2.05) is 0 Å². The number of rotatable bonds is 4. The number of methoxy groups -OCH3 is 2. The van der Waals surface area contributed by atoms with Gasteiger partial charge in [0.25, 0.3) is 0 Å². The monoisotopic (exact) mass is 292 g/mol. The van der Waals surface area contributed by atoms with Crippen molar-refractivity contribution in [3.63, 3.8) is 0 Å². The normalized spacial score (nSPS) is 17.8. The fourth-order valence-electron chi connectivity index (χ4n) is 2.48. The summed E-state index contributed by atoms with van der Waals surface area (Å²) in [7, 11) is 6.51. The quantitative estimate of drug-likeness (QED) is 0.835. The van der Waals surface area contributed by atoms with Crippen molar-refractivity contribution in [3.8, 4) is 11.5 Å². The Bertz CT molecular complexity index is 557. The van der Waals surface area contributed by atoms with Crippen LogP contribution in [0.1, 0.15) is 6.42 Å². The number of benzene rings is 1. The highest BCUT2D eigenvalue weighted by Crippen LogP contribution is 2.36. The molecule has 0 bridgehead atoms.